The van der Waals surface area contributed by atoms with Gasteiger partial charge < -0.3 is 5.73 Å². The smallest absolute Gasteiger partial charge is 0.244 e. The standard InChI is InChI=1S/C13H18Cl2N2O2S/c1-3-5-17(6-4-2)20(18,19)12-8-11(14)7-10(9-16)13(12)15/h3,7-8H,1,4-6,9,16H2,2H3. The average molecular weight is 337 g/mol. The molecule has 20 heavy (non-hydrogen) atoms. The van der Waals surface area contributed by atoms with Crippen LogP contribution in [0.3, 0.4) is 0 Å². The van der Waals surface area contributed by atoms with Gasteiger partial charge in [-0.25, -0.2) is 8.42 Å². The Kier molecular flexibility index (Phi) is 6.48. The van der Waals surface area contributed by atoms with Crippen molar-refractivity contribution in [2.45, 2.75) is 24.8 Å². The van der Waals surface area contributed by atoms with Gasteiger partial charge in [0.1, 0.15) is 4.90 Å². The molecule has 1 rings (SSSR count). The lowest BCUT2D eigenvalue weighted by Gasteiger charge is -2.21. The van der Waals surface area contributed by atoms with Crippen LogP contribution in [0.4, 0.5) is 0 Å². The van der Waals surface area contributed by atoms with E-state index in [1.54, 1.807) is 6.07 Å². The second kappa shape index (κ2) is 7.43. The van der Waals surface area contributed by atoms with Gasteiger partial charge in [0.05, 0.1) is 5.02 Å². The predicted octanol–water partition coefficient (Wildman–Crippen LogP) is 3.04. The van der Waals surface area contributed by atoms with E-state index < -0.39 is 10.0 Å². The third-order valence-corrected chi connectivity index (χ3v) is 5.39. The fourth-order valence-electron chi connectivity index (χ4n) is 1.80. The summed E-state index contributed by atoms with van der Waals surface area (Å²) in [5, 5.41) is 0.422. The summed E-state index contributed by atoms with van der Waals surface area (Å²) in [6.07, 6.45) is 2.23. The van der Waals surface area contributed by atoms with Crippen LogP contribution < -0.4 is 5.73 Å². The van der Waals surface area contributed by atoms with Crippen LogP contribution in [0.15, 0.2) is 29.7 Å². The third-order valence-electron chi connectivity index (χ3n) is 2.72. The molecule has 0 fully saturated rings. The van der Waals surface area contributed by atoms with Crippen molar-refractivity contribution in [2.75, 3.05) is 13.1 Å². The molecular formula is C13H18Cl2N2O2S. The van der Waals surface area contributed by atoms with Crippen molar-refractivity contribution in [3.8, 4) is 0 Å². The molecule has 0 amide bonds. The fourth-order valence-corrected chi connectivity index (χ4v) is 4.22. The summed E-state index contributed by atoms with van der Waals surface area (Å²) in [5.41, 5.74) is 6.06. The maximum Gasteiger partial charge on any atom is 0.244 e. The number of sulfonamides is 1. The molecule has 0 unspecified atom stereocenters. The van der Waals surface area contributed by atoms with Gasteiger partial charge in [0.2, 0.25) is 10.0 Å². The molecule has 2 N–H and O–H groups in total. The van der Waals surface area contributed by atoms with E-state index in [0.29, 0.717) is 23.6 Å². The Morgan fingerprint density at radius 2 is 2.05 bits per heavy atom. The van der Waals surface area contributed by atoms with E-state index in [4.69, 9.17) is 28.9 Å². The number of benzene rings is 1. The Labute approximate surface area is 130 Å². The zero-order chi connectivity index (χ0) is 15.3. The van der Waals surface area contributed by atoms with Crippen LogP contribution in [0.2, 0.25) is 10.0 Å². The second-order valence-corrected chi connectivity index (χ2v) is 6.95. The van der Waals surface area contributed by atoms with Crippen LogP contribution in [0, 0.1) is 0 Å². The van der Waals surface area contributed by atoms with Gasteiger partial charge in [-0.3, -0.25) is 0 Å². The van der Waals surface area contributed by atoms with Gasteiger partial charge in [0.25, 0.3) is 0 Å². The molecule has 1 aromatic rings. The molecule has 0 aromatic heterocycles. The topological polar surface area (TPSA) is 63.4 Å². The van der Waals surface area contributed by atoms with Gasteiger partial charge in [-0.05, 0) is 24.1 Å². The summed E-state index contributed by atoms with van der Waals surface area (Å²) in [7, 11) is -3.72. The summed E-state index contributed by atoms with van der Waals surface area (Å²) in [6, 6.07) is 2.92. The van der Waals surface area contributed by atoms with Gasteiger partial charge in [-0.1, -0.05) is 36.2 Å². The lowest BCUT2D eigenvalue weighted by Crippen LogP contribution is -2.32. The number of hydrogen-bond donors (Lipinski definition) is 1. The highest BCUT2D eigenvalue weighted by Crippen LogP contribution is 2.31. The molecule has 0 saturated carbocycles. The Morgan fingerprint density at radius 3 is 2.55 bits per heavy atom. The van der Waals surface area contributed by atoms with Crippen molar-refractivity contribution in [1.82, 2.24) is 4.31 Å². The number of hydrogen-bond acceptors (Lipinski definition) is 3. The predicted molar refractivity (Wildman–Crippen MR) is 83.6 cm³/mol. The molecule has 0 aliphatic heterocycles. The number of rotatable bonds is 7. The lowest BCUT2D eigenvalue weighted by atomic mass is 10.2. The van der Waals surface area contributed by atoms with E-state index in [1.165, 1.54) is 16.4 Å². The van der Waals surface area contributed by atoms with Crippen molar-refractivity contribution in [1.29, 1.82) is 0 Å². The first-order valence-corrected chi connectivity index (χ1v) is 8.37. The van der Waals surface area contributed by atoms with Crippen LogP contribution in [0.5, 0.6) is 0 Å². The largest absolute Gasteiger partial charge is 0.326 e. The summed E-state index contributed by atoms with van der Waals surface area (Å²) in [6.45, 7) is 6.20. The van der Waals surface area contributed by atoms with Crippen molar-refractivity contribution < 1.29 is 8.42 Å². The Balaban J connectivity index is 3.40. The molecular weight excluding hydrogens is 319 g/mol. The van der Waals surface area contributed by atoms with E-state index in [1.807, 2.05) is 6.92 Å². The molecule has 7 heteroatoms. The van der Waals surface area contributed by atoms with Crippen LogP contribution in [-0.2, 0) is 16.6 Å². The summed E-state index contributed by atoms with van der Waals surface area (Å²) in [5.74, 6) is 0. The molecule has 0 atom stereocenters. The van der Waals surface area contributed by atoms with E-state index in [-0.39, 0.29) is 23.0 Å². The number of halogens is 2. The maximum absolute atomic E-state index is 12.6. The van der Waals surface area contributed by atoms with Crippen LogP contribution in [-0.4, -0.2) is 25.8 Å². The molecule has 4 nitrogen and oxygen atoms in total. The molecule has 0 radical (unpaired) electrons. The minimum atomic E-state index is -3.72. The van der Waals surface area contributed by atoms with Gasteiger partial charge in [0.15, 0.2) is 0 Å². The first kappa shape index (κ1) is 17.5. The second-order valence-electron chi connectivity index (χ2n) is 4.23. The van der Waals surface area contributed by atoms with Crippen LogP contribution >= 0.6 is 23.2 Å². The van der Waals surface area contributed by atoms with Crippen molar-refractivity contribution in [3.63, 3.8) is 0 Å². The number of nitrogens with two attached hydrogens (primary N) is 1. The zero-order valence-corrected chi connectivity index (χ0v) is 13.6. The molecule has 112 valence electrons. The molecule has 0 spiro atoms. The van der Waals surface area contributed by atoms with Gasteiger partial charge in [-0.15, -0.1) is 6.58 Å². The fraction of sp³-hybridized carbons (Fsp3) is 0.385. The van der Waals surface area contributed by atoms with E-state index in [2.05, 4.69) is 6.58 Å². The summed E-state index contributed by atoms with van der Waals surface area (Å²) >= 11 is 12.1. The van der Waals surface area contributed by atoms with Gasteiger partial charge >= 0.3 is 0 Å². The maximum atomic E-state index is 12.6. The van der Waals surface area contributed by atoms with Gasteiger partial charge in [-0.2, -0.15) is 4.31 Å². The van der Waals surface area contributed by atoms with Crippen molar-refractivity contribution >= 4 is 33.2 Å². The minimum Gasteiger partial charge on any atom is -0.326 e. The normalized spacial score (nSPS) is 11.8. The molecule has 1 aromatic carbocycles. The average Bonchev–Trinajstić information content (AvgIpc) is 2.40. The van der Waals surface area contributed by atoms with E-state index in [0.717, 1.165) is 0 Å². The highest BCUT2D eigenvalue weighted by Gasteiger charge is 2.27. The molecule has 0 aliphatic rings. The molecule has 0 aliphatic carbocycles. The Hall–Kier alpha value is -0.590. The van der Waals surface area contributed by atoms with Gasteiger partial charge in [0, 0.05) is 24.7 Å². The van der Waals surface area contributed by atoms with E-state index >= 15 is 0 Å². The lowest BCUT2D eigenvalue weighted by molar-refractivity contribution is 0.441. The quantitative estimate of drug-likeness (QED) is 0.778. The molecule has 0 bridgehead atoms. The molecule has 0 saturated heterocycles. The van der Waals surface area contributed by atoms with Crippen molar-refractivity contribution in [2.24, 2.45) is 5.73 Å². The SMILES string of the molecule is C=CCN(CCC)S(=O)(=O)c1cc(Cl)cc(CN)c1Cl. The monoisotopic (exact) mass is 336 g/mol. The van der Waals surface area contributed by atoms with Crippen LogP contribution in [0.25, 0.3) is 0 Å². The van der Waals surface area contributed by atoms with Crippen molar-refractivity contribution in [3.05, 3.63) is 40.4 Å². The summed E-state index contributed by atoms with van der Waals surface area (Å²) < 4.78 is 26.6. The summed E-state index contributed by atoms with van der Waals surface area (Å²) in [4.78, 5) is -0.0117. The van der Waals surface area contributed by atoms with Crippen LogP contribution in [0.1, 0.15) is 18.9 Å². The third kappa shape index (κ3) is 3.74. The highest BCUT2D eigenvalue weighted by molar-refractivity contribution is 7.89. The first-order valence-electron chi connectivity index (χ1n) is 6.17. The number of nitrogens with zero attached hydrogens (tertiary/aromatic N) is 1. The zero-order valence-electron chi connectivity index (χ0n) is 11.3. The van der Waals surface area contributed by atoms with E-state index in [9.17, 15) is 8.42 Å². The minimum absolute atomic E-state index is 0.0117. The molecule has 0 heterocycles. The first-order chi connectivity index (χ1) is 9.38. The Morgan fingerprint density at radius 1 is 1.40 bits per heavy atom. The highest BCUT2D eigenvalue weighted by atomic mass is 35.5. The Bertz CT molecular complexity index is 588.